The topological polar surface area (TPSA) is 69.8 Å². The van der Waals surface area contributed by atoms with Crippen LogP contribution >= 0.6 is 0 Å². The number of allylic oxidation sites excluding steroid dienone is 2. The Kier molecular flexibility index (Phi) is 8.18. The lowest BCUT2D eigenvalue weighted by Gasteiger charge is -2.39. The van der Waals surface area contributed by atoms with Crippen molar-refractivity contribution in [3.8, 4) is 50.9 Å². The van der Waals surface area contributed by atoms with E-state index in [1.165, 1.54) is 22.3 Å². The molecule has 1 spiro atoms. The van der Waals surface area contributed by atoms with E-state index in [2.05, 4.69) is 165 Å². The van der Waals surface area contributed by atoms with Crippen LogP contribution in [-0.2, 0) is 5.41 Å². The van der Waals surface area contributed by atoms with Crippen molar-refractivity contribution in [2.45, 2.75) is 31.3 Å². The zero-order valence-corrected chi connectivity index (χ0v) is 33.4. The van der Waals surface area contributed by atoms with E-state index < -0.39 is 11.1 Å². The summed E-state index contributed by atoms with van der Waals surface area (Å²) < 4.78 is 6.78. The van der Waals surface area contributed by atoms with Crippen LogP contribution in [0, 0.1) is 17.2 Å². The van der Waals surface area contributed by atoms with E-state index in [0.717, 1.165) is 73.8 Å². The number of ether oxygens (including phenoxy) is 1. The van der Waals surface area contributed by atoms with Gasteiger partial charge in [-0.1, -0.05) is 140 Å². The van der Waals surface area contributed by atoms with Crippen LogP contribution in [0.1, 0.15) is 59.2 Å². The van der Waals surface area contributed by atoms with Crippen LogP contribution in [0.15, 0.2) is 198 Å². The van der Waals surface area contributed by atoms with E-state index in [1.54, 1.807) is 0 Å². The Morgan fingerprint density at radius 1 is 0.617 bits per heavy atom. The average Bonchev–Trinajstić information content (AvgIpc) is 3.59. The summed E-state index contributed by atoms with van der Waals surface area (Å²) in [6, 6.07) is 59.7. The van der Waals surface area contributed by atoms with Crippen molar-refractivity contribution in [1.29, 1.82) is 5.26 Å². The number of fused-ring (bicyclic) bond motifs is 9. The van der Waals surface area contributed by atoms with Crippen molar-refractivity contribution in [2.75, 3.05) is 0 Å². The first-order valence-electron chi connectivity index (χ1n) is 20.6. The number of para-hydroxylation sites is 1. The van der Waals surface area contributed by atoms with Gasteiger partial charge in [0.1, 0.15) is 17.3 Å². The number of hydrogen-bond donors (Lipinski definition) is 1. The molecule has 5 nitrogen and oxygen atoms in total. The molecule has 2 aliphatic carbocycles. The predicted octanol–water partition coefficient (Wildman–Crippen LogP) is 12.4. The Hall–Kier alpha value is -7.55. The first kappa shape index (κ1) is 35.6. The number of nitrogens with one attached hydrogen (secondary N) is 1. The van der Waals surface area contributed by atoms with Gasteiger partial charge in [0.15, 0.2) is 11.5 Å². The van der Waals surface area contributed by atoms with E-state index >= 15 is 0 Å². The van der Waals surface area contributed by atoms with Crippen molar-refractivity contribution < 1.29 is 4.74 Å². The lowest BCUT2D eigenvalue weighted by Crippen LogP contribution is -2.49. The Morgan fingerprint density at radius 3 is 1.93 bits per heavy atom. The standard InChI is InChI=1S/C55H40N4O/c1-35-20-27-43(28-21-35)54(2)58-52(38-12-4-3-5-13-38)57-53(59-54)42-31-40(37-24-22-36(34-56)23-25-37)30-41(32-42)39-26-29-51-49(33-39)55(48-18-10-11-19-50(48)60-51)46-16-8-6-14-44(46)45-15-7-9-17-47(45)55/h3-20,22-33,35H,21H2,1-2H3,(H,57,58,59). The van der Waals surface area contributed by atoms with Gasteiger partial charge in [-0.05, 0) is 118 Å². The molecule has 5 heteroatoms. The minimum Gasteiger partial charge on any atom is -0.457 e. The molecule has 0 radical (unpaired) electrons. The van der Waals surface area contributed by atoms with Crippen molar-refractivity contribution in [2.24, 2.45) is 15.9 Å². The van der Waals surface area contributed by atoms with Gasteiger partial charge in [0.25, 0.3) is 0 Å². The van der Waals surface area contributed by atoms with Crippen LogP contribution in [0.3, 0.4) is 0 Å². The third kappa shape index (κ3) is 5.60. The summed E-state index contributed by atoms with van der Waals surface area (Å²) in [6.07, 6.45) is 7.72. The van der Waals surface area contributed by atoms with Gasteiger partial charge >= 0.3 is 0 Å². The summed E-state index contributed by atoms with van der Waals surface area (Å²) in [5.41, 5.74) is 13.6. The van der Waals surface area contributed by atoms with Crippen LogP contribution in [0.2, 0.25) is 0 Å². The van der Waals surface area contributed by atoms with Crippen LogP contribution in [-0.4, -0.2) is 17.3 Å². The molecule has 2 atom stereocenters. The molecule has 2 unspecified atom stereocenters. The summed E-state index contributed by atoms with van der Waals surface area (Å²) in [4.78, 5) is 10.7. The van der Waals surface area contributed by atoms with E-state index in [0.29, 0.717) is 17.3 Å². The van der Waals surface area contributed by atoms with Crippen molar-refractivity contribution >= 4 is 11.7 Å². The van der Waals surface area contributed by atoms with Crippen LogP contribution in [0.4, 0.5) is 0 Å². The molecule has 0 amide bonds. The molecule has 11 rings (SSSR count). The molecule has 7 aromatic rings. The smallest absolute Gasteiger partial charge is 0.159 e. The number of amidine groups is 2. The second-order valence-corrected chi connectivity index (χ2v) is 16.3. The molecule has 0 bridgehead atoms. The lowest BCUT2D eigenvalue weighted by atomic mass is 9.66. The minimum absolute atomic E-state index is 0.471. The van der Waals surface area contributed by atoms with Gasteiger partial charge < -0.3 is 10.1 Å². The maximum absolute atomic E-state index is 9.66. The molecule has 60 heavy (non-hydrogen) atoms. The molecular formula is C55H40N4O. The SMILES string of the molecule is CC1C=CC(C2(C)N=C(c3cc(-c4ccc(C#N)cc4)cc(-c4ccc5c(c4)C4(c6ccccc6O5)c5ccccc5-c5ccccc54)c3)N=C(c3ccccc3)N2)=CC1. The zero-order chi connectivity index (χ0) is 40.4. The average molecular weight is 773 g/mol. The lowest BCUT2D eigenvalue weighted by molar-refractivity contribution is 0.436. The highest BCUT2D eigenvalue weighted by Gasteiger charge is 2.51. The zero-order valence-electron chi connectivity index (χ0n) is 33.4. The molecule has 286 valence electrons. The number of nitriles is 1. The molecule has 2 heterocycles. The number of aliphatic imine (C=N–C) groups is 2. The molecule has 7 aromatic carbocycles. The van der Waals surface area contributed by atoms with Gasteiger partial charge in [-0.3, -0.25) is 0 Å². The van der Waals surface area contributed by atoms with Gasteiger partial charge in [0.2, 0.25) is 0 Å². The third-order valence-corrected chi connectivity index (χ3v) is 12.6. The fraction of sp³-hybridized carbons (Fsp3) is 0.109. The highest BCUT2D eigenvalue weighted by atomic mass is 16.5. The van der Waals surface area contributed by atoms with Gasteiger partial charge in [-0.25, -0.2) is 9.98 Å². The Bertz CT molecular complexity index is 3010. The maximum atomic E-state index is 9.66. The van der Waals surface area contributed by atoms with Crippen molar-refractivity contribution in [1.82, 2.24) is 5.32 Å². The quantitative estimate of drug-likeness (QED) is 0.189. The molecule has 1 N–H and O–H groups in total. The molecule has 0 aromatic heterocycles. The summed E-state index contributed by atoms with van der Waals surface area (Å²) in [6.45, 7) is 4.38. The second kappa shape index (κ2) is 13.8. The number of benzene rings is 7. The van der Waals surface area contributed by atoms with E-state index in [1.807, 2.05) is 42.5 Å². The largest absolute Gasteiger partial charge is 0.457 e. The monoisotopic (exact) mass is 772 g/mol. The minimum atomic E-state index is -0.754. The van der Waals surface area contributed by atoms with Crippen molar-refractivity contribution in [3.05, 3.63) is 227 Å². The molecule has 0 fully saturated rings. The molecule has 0 saturated carbocycles. The Balaban J connectivity index is 1.14. The third-order valence-electron chi connectivity index (χ3n) is 12.6. The highest BCUT2D eigenvalue weighted by Crippen LogP contribution is 2.62. The van der Waals surface area contributed by atoms with Gasteiger partial charge in [0, 0.05) is 22.3 Å². The predicted molar refractivity (Wildman–Crippen MR) is 241 cm³/mol. The van der Waals surface area contributed by atoms with Gasteiger partial charge in [-0.15, -0.1) is 0 Å². The van der Waals surface area contributed by atoms with E-state index in [9.17, 15) is 5.26 Å². The first-order chi connectivity index (χ1) is 29.4. The van der Waals surface area contributed by atoms with Crippen molar-refractivity contribution in [3.63, 3.8) is 0 Å². The second-order valence-electron chi connectivity index (χ2n) is 16.3. The van der Waals surface area contributed by atoms with Crippen LogP contribution in [0.25, 0.3) is 33.4 Å². The summed E-state index contributed by atoms with van der Waals surface area (Å²) in [7, 11) is 0. The summed E-state index contributed by atoms with van der Waals surface area (Å²) in [5.74, 6) is 3.59. The number of rotatable bonds is 5. The maximum Gasteiger partial charge on any atom is 0.159 e. The fourth-order valence-corrected chi connectivity index (χ4v) is 9.58. The fourth-order valence-electron chi connectivity index (χ4n) is 9.58. The highest BCUT2D eigenvalue weighted by molar-refractivity contribution is 6.14. The van der Waals surface area contributed by atoms with Crippen LogP contribution < -0.4 is 10.1 Å². The molecule has 2 aliphatic heterocycles. The van der Waals surface area contributed by atoms with Gasteiger partial charge in [-0.2, -0.15) is 5.26 Å². The van der Waals surface area contributed by atoms with Crippen LogP contribution in [0.5, 0.6) is 11.5 Å². The Labute approximate surface area is 350 Å². The molecule has 0 saturated heterocycles. The Morgan fingerprint density at radius 2 is 1.23 bits per heavy atom. The van der Waals surface area contributed by atoms with E-state index in [-0.39, 0.29) is 0 Å². The van der Waals surface area contributed by atoms with Gasteiger partial charge in [0.05, 0.1) is 17.0 Å². The number of nitrogens with zero attached hydrogens (tertiary/aromatic N) is 3. The summed E-state index contributed by atoms with van der Waals surface area (Å²) in [5, 5.41) is 13.4. The van der Waals surface area contributed by atoms with E-state index in [4.69, 9.17) is 14.7 Å². The molecular weight excluding hydrogens is 733 g/mol. The first-order valence-corrected chi connectivity index (χ1v) is 20.6. The summed E-state index contributed by atoms with van der Waals surface area (Å²) >= 11 is 0. The normalized spacial score (nSPS) is 18.9. The molecule has 4 aliphatic rings. The number of hydrogen-bond acceptors (Lipinski definition) is 5.